The third-order valence-electron chi connectivity index (χ3n) is 3.03. The number of ether oxygens (including phenoxy) is 1. The Morgan fingerprint density at radius 3 is 2.42 bits per heavy atom. The fraction of sp³-hybridized carbons (Fsp3) is 0.417. The summed E-state index contributed by atoms with van der Waals surface area (Å²) in [4.78, 5) is 11.3. The molecule has 0 radical (unpaired) electrons. The summed E-state index contributed by atoms with van der Waals surface area (Å²) in [5.41, 5.74) is 4.50. The van der Waals surface area contributed by atoms with Crippen molar-refractivity contribution in [3.8, 4) is 5.75 Å². The highest BCUT2D eigenvalue weighted by atomic mass is 19.4. The Bertz CT molecular complexity index is 488. The number of halogens is 3. The predicted molar refractivity (Wildman–Crippen MR) is 62.8 cm³/mol. The number of hydrogen-bond acceptors (Lipinski definition) is 3. The maximum Gasteiger partial charge on any atom is 0.573 e. The van der Waals surface area contributed by atoms with Crippen LogP contribution >= 0.6 is 0 Å². The molecule has 0 aromatic heterocycles. The second-order valence-electron chi connectivity index (χ2n) is 4.29. The van der Waals surface area contributed by atoms with E-state index in [-0.39, 0.29) is 17.7 Å². The van der Waals surface area contributed by atoms with Crippen LogP contribution in [0.4, 0.5) is 18.9 Å². The molecular formula is C12H14F3NO3. The van der Waals surface area contributed by atoms with Crippen LogP contribution in [0.5, 0.6) is 5.75 Å². The second-order valence-corrected chi connectivity index (χ2v) is 4.29. The summed E-state index contributed by atoms with van der Waals surface area (Å²) < 4.78 is 40.2. The van der Waals surface area contributed by atoms with E-state index < -0.39 is 23.5 Å². The standard InChI is InChI=1S/C12H14F3NO3/c1-3-11(2,10(17)18)8-6-7(4-5-9(8)16)19-12(13,14)15/h4-6H,3,16H2,1-2H3,(H,17,18). The van der Waals surface area contributed by atoms with E-state index in [1.807, 2.05) is 0 Å². The largest absolute Gasteiger partial charge is 0.573 e. The Morgan fingerprint density at radius 2 is 2.00 bits per heavy atom. The molecule has 106 valence electrons. The van der Waals surface area contributed by atoms with Crippen molar-refractivity contribution in [2.45, 2.75) is 32.0 Å². The van der Waals surface area contributed by atoms with Gasteiger partial charge in [0.1, 0.15) is 5.75 Å². The first-order valence-corrected chi connectivity index (χ1v) is 5.49. The number of carboxylic acid groups (broad SMARTS) is 1. The maximum atomic E-state index is 12.1. The van der Waals surface area contributed by atoms with E-state index in [1.54, 1.807) is 6.92 Å². The third-order valence-corrected chi connectivity index (χ3v) is 3.03. The molecular weight excluding hydrogens is 263 g/mol. The van der Waals surface area contributed by atoms with Crippen molar-refractivity contribution >= 4 is 11.7 Å². The molecule has 4 nitrogen and oxygen atoms in total. The molecule has 19 heavy (non-hydrogen) atoms. The van der Waals surface area contributed by atoms with Crippen LogP contribution in [-0.2, 0) is 10.2 Å². The molecule has 0 aliphatic heterocycles. The zero-order valence-electron chi connectivity index (χ0n) is 10.4. The first-order valence-electron chi connectivity index (χ1n) is 5.49. The fourth-order valence-electron chi connectivity index (χ4n) is 1.67. The Hall–Kier alpha value is -1.92. The van der Waals surface area contributed by atoms with Gasteiger partial charge >= 0.3 is 12.3 Å². The molecule has 0 aliphatic carbocycles. The van der Waals surface area contributed by atoms with Crippen LogP contribution in [-0.4, -0.2) is 17.4 Å². The van der Waals surface area contributed by atoms with Gasteiger partial charge in [0.25, 0.3) is 0 Å². The van der Waals surface area contributed by atoms with Crippen LogP contribution in [0.2, 0.25) is 0 Å². The minimum atomic E-state index is -4.83. The number of anilines is 1. The summed E-state index contributed by atoms with van der Waals surface area (Å²) in [7, 11) is 0. The lowest BCUT2D eigenvalue weighted by molar-refractivity contribution is -0.274. The topological polar surface area (TPSA) is 72.5 Å². The Kier molecular flexibility index (Phi) is 3.97. The van der Waals surface area contributed by atoms with Crippen LogP contribution in [0.1, 0.15) is 25.8 Å². The number of nitrogen functional groups attached to an aromatic ring is 1. The Balaban J connectivity index is 3.28. The van der Waals surface area contributed by atoms with E-state index >= 15 is 0 Å². The van der Waals surface area contributed by atoms with Gasteiger partial charge in [-0.25, -0.2) is 0 Å². The molecule has 0 heterocycles. The van der Waals surface area contributed by atoms with Gasteiger partial charge < -0.3 is 15.6 Å². The van der Waals surface area contributed by atoms with Crippen LogP contribution < -0.4 is 10.5 Å². The zero-order valence-corrected chi connectivity index (χ0v) is 10.4. The van der Waals surface area contributed by atoms with Crippen molar-refractivity contribution in [2.24, 2.45) is 0 Å². The van der Waals surface area contributed by atoms with Gasteiger partial charge in [-0.05, 0) is 37.1 Å². The molecule has 1 atom stereocenters. The number of carbonyl (C=O) groups is 1. The van der Waals surface area contributed by atoms with Gasteiger partial charge in [0.15, 0.2) is 0 Å². The average Bonchev–Trinajstić information content (AvgIpc) is 2.28. The molecule has 0 amide bonds. The molecule has 0 spiro atoms. The summed E-state index contributed by atoms with van der Waals surface area (Å²) in [6, 6.07) is 3.26. The molecule has 3 N–H and O–H groups in total. The van der Waals surface area contributed by atoms with Crippen molar-refractivity contribution in [3.63, 3.8) is 0 Å². The lowest BCUT2D eigenvalue weighted by atomic mass is 9.79. The first kappa shape index (κ1) is 15.1. The molecule has 0 fully saturated rings. The number of rotatable bonds is 4. The zero-order chi connectivity index (χ0) is 14.8. The van der Waals surface area contributed by atoms with Crippen LogP contribution in [0.25, 0.3) is 0 Å². The minimum absolute atomic E-state index is 0.101. The van der Waals surface area contributed by atoms with Crippen LogP contribution in [0.3, 0.4) is 0 Å². The lowest BCUT2D eigenvalue weighted by Gasteiger charge is -2.25. The van der Waals surface area contributed by atoms with Crippen molar-refractivity contribution in [2.75, 3.05) is 5.73 Å². The van der Waals surface area contributed by atoms with E-state index in [2.05, 4.69) is 4.74 Å². The summed E-state index contributed by atoms with van der Waals surface area (Å²) in [6.45, 7) is 3.02. The summed E-state index contributed by atoms with van der Waals surface area (Å²) >= 11 is 0. The highest BCUT2D eigenvalue weighted by molar-refractivity contribution is 5.83. The Labute approximate surface area is 108 Å². The molecule has 0 bridgehead atoms. The quantitative estimate of drug-likeness (QED) is 0.830. The molecule has 7 heteroatoms. The fourth-order valence-corrected chi connectivity index (χ4v) is 1.67. The molecule has 1 rings (SSSR count). The monoisotopic (exact) mass is 277 g/mol. The number of hydrogen-bond donors (Lipinski definition) is 2. The van der Waals surface area contributed by atoms with Gasteiger partial charge in [-0.15, -0.1) is 13.2 Å². The Morgan fingerprint density at radius 1 is 1.42 bits per heavy atom. The molecule has 0 saturated heterocycles. The van der Waals surface area contributed by atoms with E-state index in [0.29, 0.717) is 0 Å². The second kappa shape index (κ2) is 4.99. The number of benzene rings is 1. The molecule has 1 unspecified atom stereocenters. The predicted octanol–water partition coefficient (Wildman–Crippen LogP) is 2.92. The van der Waals surface area contributed by atoms with Gasteiger partial charge in [0.2, 0.25) is 0 Å². The van der Waals surface area contributed by atoms with E-state index in [1.165, 1.54) is 13.0 Å². The van der Waals surface area contributed by atoms with Crippen LogP contribution in [0, 0.1) is 0 Å². The van der Waals surface area contributed by atoms with Crippen molar-refractivity contribution < 1.29 is 27.8 Å². The number of nitrogens with two attached hydrogens (primary N) is 1. The van der Waals surface area contributed by atoms with Crippen LogP contribution in [0.15, 0.2) is 18.2 Å². The molecule has 1 aromatic carbocycles. The van der Waals surface area contributed by atoms with Gasteiger partial charge in [-0.3, -0.25) is 4.79 Å². The number of aliphatic carboxylic acids is 1. The van der Waals surface area contributed by atoms with E-state index in [4.69, 9.17) is 5.73 Å². The number of carboxylic acids is 1. The smallest absolute Gasteiger partial charge is 0.481 e. The average molecular weight is 277 g/mol. The van der Waals surface area contributed by atoms with Crippen molar-refractivity contribution in [3.05, 3.63) is 23.8 Å². The summed E-state index contributed by atoms with van der Waals surface area (Å²) in [5, 5.41) is 9.22. The molecule has 1 aromatic rings. The van der Waals surface area contributed by atoms with E-state index in [9.17, 15) is 23.1 Å². The lowest BCUT2D eigenvalue weighted by Crippen LogP contribution is -2.32. The SMILES string of the molecule is CCC(C)(C(=O)O)c1cc(OC(F)(F)F)ccc1N. The van der Waals surface area contributed by atoms with Gasteiger partial charge in [0.05, 0.1) is 5.41 Å². The minimum Gasteiger partial charge on any atom is -0.481 e. The summed E-state index contributed by atoms with van der Waals surface area (Å²) in [6.07, 6.45) is -4.65. The maximum absolute atomic E-state index is 12.1. The van der Waals surface area contributed by atoms with Crippen molar-refractivity contribution in [1.82, 2.24) is 0 Å². The normalized spacial score (nSPS) is 14.8. The molecule has 0 saturated carbocycles. The van der Waals surface area contributed by atoms with Gasteiger partial charge in [-0.2, -0.15) is 0 Å². The van der Waals surface area contributed by atoms with Crippen molar-refractivity contribution in [1.29, 1.82) is 0 Å². The third kappa shape index (κ3) is 3.30. The summed E-state index contributed by atoms with van der Waals surface area (Å²) in [5.74, 6) is -1.65. The number of alkyl halides is 3. The van der Waals surface area contributed by atoms with Gasteiger partial charge in [0, 0.05) is 5.69 Å². The highest BCUT2D eigenvalue weighted by Crippen LogP contribution is 2.35. The molecule has 0 aliphatic rings. The van der Waals surface area contributed by atoms with E-state index in [0.717, 1.165) is 12.1 Å². The first-order chi connectivity index (χ1) is 8.60. The highest BCUT2D eigenvalue weighted by Gasteiger charge is 2.36. The van der Waals surface area contributed by atoms with Gasteiger partial charge in [-0.1, -0.05) is 6.92 Å².